The second kappa shape index (κ2) is 7.45. The average molecular weight is 336 g/mol. The summed E-state index contributed by atoms with van der Waals surface area (Å²) in [6.45, 7) is 3.68. The molecule has 1 aromatic heterocycles. The van der Waals surface area contributed by atoms with Gasteiger partial charge in [0, 0.05) is 42.5 Å². The molecule has 2 heterocycles. The lowest BCUT2D eigenvalue weighted by Crippen LogP contribution is -2.38. The lowest BCUT2D eigenvalue weighted by Gasteiger charge is -2.27. The van der Waals surface area contributed by atoms with Crippen LogP contribution >= 0.6 is 11.6 Å². The highest BCUT2D eigenvalue weighted by Gasteiger charge is 2.18. The third-order valence-electron chi connectivity index (χ3n) is 3.84. The van der Waals surface area contributed by atoms with Crippen molar-refractivity contribution in [2.45, 2.75) is 12.6 Å². The van der Waals surface area contributed by atoms with Gasteiger partial charge in [0.2, 0.25) is 0 Å². The van der Waals surface area contributed by atoms with Gasteiger partial charge in [0.15, 0.2) is 0 Å². The van der Waals surface area contributed by atoms with Crippen LogP contribution in [0.25, 0.3) is 11.3 Å². The van der Waals surface area contributed by atoms with Crippen LogP contribution in [-0.2, 0) is 23.1 Å². The van der Waals surface area contributed by atoms with Crippen LogP contribution in [0, 0.1) is 0 Å². The summed E-state index contributed by atoms with van der Waals surface area (Å²) in [5.41, 5.74) is 3.19. The summed E-state index contributed by atoms with van der Waals surface area (Å²) >= 11 is 6.11. The largest absolute Gasteiger partial charge is 0.376 e. The minimum Gasteiger partial charge on any atom is -0.376 e. The third-order valence-corrected chi connectivity index (χ3v) is 4.08. The molecule has 1 aliphatic heterocycles. The van der Waals surface area contributed by atoms with Gasteiger partial charge in [0.1, 0.15) is 0 Å². The minimum atomic E-state index is 0.139. The Bertz CT molecular complexity index is 653. The standard InChI is InChI=1S/C17H22ClN3O2/c1-20(11-16-12-22-6-7-23-16)9-14-10-21(2)19-17(14)13-4-3-5-15(18)8-13/h3-5,8,10,16H,6-7,9,11-12H2,1-2H3. The second-order valence-electron chi connectivity index (χ2n) is 5.95. The Labute approximate surface area is 141 Å². The fourth-order valence-electron chi connectivity index (χ4n) is 2.88. The van der Waals surface area contributed by atoms with E-state index < -0.39 is 0 Å². The minimum absolute atomic E-state index is 0.139. The maximum Gasteiger partial charge on any atom is 0.0968 e. The molecular weight excluding hydrogens is 314 g/mol. The number of halogens is 1. The smallest absolute Gasteiger partial charge is 0.0968 e. The monoisotopic (exact) mass is 335 g/mol. The summed E-state index contributed by atoms with van der Waals surface area (Å²) in [7, 11) is 4.03. The first kappa shape index (κ1) is 16.5. The number of hydrogen-bond acceptors (Lipinski definition) is 4. The first-order valence-corrected chi connectivity index (χ1v) is 8.16. The fourth-order valence-corrected chi connectivity index (χ4v) is 3.07. The summed E-state index contributed by atoms with van der Waals surface area (Å²) in [6, 6.07) is 7.81. The maximum atomic E-state index is 6.11. The van der Waals surface area contributed by atoms with E-state index in [-0.39, 0.29) is 6.10 Å². The molecule has 5 nitrogen and oxygen atoms in total. The van der Waals surface area contributed by atoms with Crippen LogP contribution in [0.1, 0.15) is 5.56 Å². The van der Waals surface area contributed by atoms with E-state index in [2.05, 4.69) is 23.2 Å². The SMILES string of the molecule is CN(Cc1cn(C)nc1-c1cccc(Cl)c1)CC1COCCO1. The molecule has 0 N–H and O–H groups in total. The van der Waals surface area contributed by atoms with Crippen LogP contribution in [0.3, 0.4) is 0 Å². The molecule has 0 radical (unpaired) electrons. The Morgan fingerprint density at radius 1 is 1.39 bits per heavy atom. The third kappa shape index (κ3) is 4.32. The first-order chi connectivity index (χ1) is 11.1. The summed E-state index contributed by atoms with van der Waals surface area (Å²) in [6.07, 6.45) is 2.20. The molecule has 0 saturated carbocycles. The van der Waals surface area contributed by atoms with Gasteiger partial charge in [0.25, 0.3) is 0 Å². The Kier molecular flexibility index (Phi) is 5.33. The van der Waals surface area contributed by atoms with E-state index in [0.717, 1.165) is 29.4 Å². The van der Waals surface area contributed by atoms with Crippen LogP contribution in [-0.4, -0.2) is 54.2 Å². The van der Waals surface area contributed by atoms with Crippen molar-refractivity contribution < 1.29 is 9.47 Å². The van der Waals surface area contributed by atoms with Gasteiger partial charge in [-0.2, -0.15) is 5.10 Å². The van der Waals surface area contributed by atoms with E-state index in [9.17, 15) is 0 Å². The van der Waals surface area contributed by atoms with Crippen LogP contribution in [0.5, 0.6) is 0 Å². The number of hydrogen-bond donors (Lipinski definition) is 0. The Morgan fingerprint density at radius 2 is 2.26 bits per heavy atom. The summed E-state index contributed by atoms with van der Waals surface area (Å²) in [4.78, 5) is 2.24. The number of ether oxygens (including phenoxy) is 2. The van der Waals surface area contributed by atoms with Crippen molar-refractivity contribution in [1.82, 2.24) is 14.7 Å². The molecule has 2 aromatic rings. The lowest BCUT2D eigenvalue weighted by atomic mass is 10.1. The maximum absolute atomic E-state index is 6.11. The highest BCUT2D eigenvalue weighted by Crippen LogP contribution is 2.25. The molecule has 6 heteroatoms. The number of likely N-dealkylation sites (N-methyl/N-ethyl adjacent to an activating group) is 1. The topological polar surface area (TPSA) is 39.5 Å². The molecule has 1 saturated heterocycles. The molecule has 1 aliphatic rings. The van der Waals surface area contributed by atoms with Gasteiger partial charge in [-0.15, -0.1) is 0 Å². The van der Waals surface area contributed by atoms with E-state index in [1.165, 1.54) is 5.56 Å². The van der Waals surface area contributed by atoms with Crippen molar-refractivity contribution in [3.63, 3.8) is 0 Å². The number of rotatable bonds is 5. The fraction of sp³-hybridized carbons (Fsp3) is 0.471. The summed E-state index contributed by atoms with van der Waals surface area (Å²) in [5.74, 6) is 0. The average Bonchev–Trinajstić information content (AvgIpc) is 2.88. The molecule has 1 aromatic carbocycles. The van der Waals surface area contributed by atoms with Crippen LogP contribution in [0.4, 0.5) is 0 Å². The van der Waals surface area contributed by atoms with Crippen molar-refractivity contribution >= 4 is 11.6 Å². The van der Waals surface area contributed by atoms with Crippen molar-refractivity contribution in [2.75, 3.05) is 33.4 Å². The first-order valence-electron chi connectivity index (χ1n) is 7.78. The Morgan fingerprint density at radius 3 is 3.00 bits per heavy atom. The van der Waals surface area contributed by atoms with E-state index >= 15 is 0 Å². The van der Waals surface area contributed by atoms with Crippen molar-refractivity contribution in [2.24, 2.45) is 7.05 Å². The number of aromatic nitrogens is 2. The molecular formula is C17H22ClN3O2. The van der Waals surface area contributed by atoms with Gasteiger partial charge in [-0.1, -0.05) is 23.7 Å². The highest BCUT2D eigenvalue weighted by atomic mass is 35.5. The van der Waals surface area contributed by atoms with Gasteiger partial charge < -0.3 is 9.47 Å². The van der Waals surface area contributed by atoms with Crippen LogP contribution < -0.4 is 0 Å². The predicted molar refractivity (Wildman–Crippen MR) is 90.5 cm³/mol. The van der Waals surface area contributed by atoms with Gasteiger partial charge >= 0.3 is 0 Å². The van der Waals surface area contributed by atoms with Gasteiger partial charge in [-0.05, 0) is 19.2 Å². The molecule has 1 fully saturated rings. The predicted octanol–water partition coefficient (Wildman–Crippen LogP) is 2.59. The van der Waals surface area contributed by atoms with E-state index in [4.69, 9.17) is 21.1 Å². The number of benzene rings is 1. The van der Waals surface area contributed by atoms with Gasteiger partial charge in [-0.25, -0.2) is 0 Å². The Balaban J connectivity index is 1.72. The lowest BCUT2D eigenvalue weighted by molar-refractivity contribution is -0.0962. The van der Waals surface area contributed by atoms with Crippen LogP contribution in [0.15, 0.2) is 30.5 Å². The van der Waals surface area contributed by atoms with Crippen LogP contribution in [0.2, 0.25) is 5.02 Å². The second-order valence-corrected chi connectivity index (χ2v) is 6.39. The zero-order valence-corrected chi connectivity index (χ0v) is 14.3. The van der Waals surface area contributed by atoms with Gasteiger partial charge in [0.05, 0.1) is 31.6 Å². The van der Waals surface area contributed by atoms with E-state index in [0.29, 0.717) is 19.8 Å². The van der Waals surface area contributed by atoms with Gasteiger partial charge in [-0.3, -0.25) is 9.58 Å². The summed E-state index contributed by atoms with van der Waals surface area (Å²) in [5, 5.41) is 5.32. The molecule has 3 rings (SSSR count). The van der Waals surface area contributed by atoms with E-state index in [1.807, 2.05) is 36.0 Å². The van der Waals surface area contributed by atoms with Crippen molar-refractivity contribution in [1.29, 1.82) is 0 Å². The molecule has 124 valence electrons. The van der Waals surface area contributed by atoms with Crippen molar-refractivity contribution in [3.8, 4) is 11.3 Å². The quantitative estimate of drug-likeness (QED) is 0.842. The molecule has 0 bridgehead atoms. The molecule has 1 unspecified atom stereocenters. The number of nitrogens with zero attached hydrogens (tertiary/aromatic N) is 3. The molecule has 0 aliphatic carbocycles. The molecule has 23 heavy (non-hydrogen) atoms. The number of aryl methyl sites for hydroxylation is 1. The van der Waals surface area contributed by atoms with E-state index in [1.54, 1.807) is 0 Å². The molecule has 0 spiro atoms. The highest BCUT2D eigenvalue weighted by molar-refractivity contribution is 6.30. The summed E-state index contributed by atoms with van der Waals surface area (Å²) < 4.78 is 13.0. The molecule has 0 amide bonds. The molecule has 1 atom stereocenters. The van der Waals surface area contributed by atoms with Crippen molar-refractivity contribution in [3.05, 3.63) is 41.0 Å². The zero-order chi connectivity index (χ0) is 16.2. The Hall–Kier alpha value is -1.40. The normalized spacial score (nSPS) is 18.5. The zero-order valence-electron chi connectivity index (χ0n) is 13.5.